The van der Waals surface area contributed by atoms with E-state index in [1.54, 1.807) is 30.2 Å². The van der Waals surface area contributed by atoms with Crippen molar-refractivity contribution in [1.82, 2.24) is 4.90 Å². The maximum atomic E-state index is 12.5. The van der Waals surface area contributed by atoms with Crippen molar-refractivity contribution in [2.24, 2.45) is 5.41 Å². The standard InChI is InChI=1S/C15H19NO3S/c1-15(9-17,10-18)8-16(2)14(19)12-7-20-13-6-4-3-5-11(12)13/h3-7,17-18H,8-10H2,1-2H3. The quantitative estimate of drug-likeness (QED) is 0.886. The second kappa shape index (κ2) is 5.91. The van der Waals surface area contributed by atoms with Gasteiger partial charge in [0.1, 0.15) is 0 Å². The molecule has 2 rings (SSSR count). The molecule has 5 heteroatoms. The Morgan fingerprint density at radius 3 is 2.60 bits per heavy atom. The number of hydrogen-bond donors (Lipinski definition) is 2. The van der Waals surface area contributed by atoms with Crippen molar-refractivity contribution in [2.45, 2.75) is 6.92 Å². The molecule has 2 aromatic rings. The Labute approximate surface area is 122 Å². The first kappa shape index (κ1) is 15.0. The van der Waals surface area contributed by atoms with Crippen molar-refractivity contribution in [1.29, 1.82) is 0 Å². The number of fused-ring (bicyclic) bond motifs is 1. The fourth-order valence-electron chi connectivity index (χ4n) is 2.14. The van der Waals surface area contributed by atoms with Crippen LogP contribution < -0.4 is 0 Å². The van der Waals surface area contributed by atoms with Gasteiger partial charge in [-0.25, -0.2) is 0 Å². The molecule has 0 saturated heterocycles. The molecule has 0 aliphatic heterocycles. The van der Waals surface area contributed by atoms with Gasteiger partial charge in [0.2, 0.25) is 0 Å². The number of aliphatic hydroxyl groups excluding tert-OH is 2. The predicted molar refractivity (Wildman–Crippen MR) is 81.1 cm³/mol. The zero-order valence-corrected chi connectivity index (χ0v) is 12.5. The highest BCUT2D eigenvalue weighted by Gasteiger charge is 2.27. The van der Waals surface area contributed by atoms with Gasteiger partial charge in [-0.2, -0.15) is 0 Å². The van der Waals surface area contributed by atoms with Crippen LogP contribution >= 0.6 is 11.3 Å². The molecule has 1 aromatic carbocycles. The second-order valence-electron chi connectivity index (χ2n) is 5.43. The van der Waals surface area contributed by atoms with Crippen molar-refractivity contribution in [2.75, 3.05) is 26.8 Å². The van der Waals surface area contributed by atoms with Crippen molar-refractivity contribution in [3.05, 3.63) is 35.2 Å². The van der Waals surface area contributed by atoms with Gasteiger partial charge < -0.3 is 15.1 Å². The molecule has 0 aliphatic carbocycles. The van der Waals surface area contributed by atoms with Crippen LogP contribution in [0.3, 0.4) is 0 Å². The van der Waals surface area contributed by atoms with Gasteiger partial charge in [-0.1, -0.05) is 25.1 Å². The number of carbonyl (C=O) groups is 1. The molecule has 0 saturated carbocycles. The maximum absolute atomic E-state index is 12.5. The summed E-state index contributed by atoms with van der Waals surface area (Å²) in [4.78, 5) is 14.1. The van der Waals surface area contributed by atoms with E-state index >= 15 is 0 Å². The van der Waals surface area contributed by atoms with E-state index in [0.29, 0.717) is 12.1 Å². The van der Waals surface area contributed by atoms with E-state index in [1.165, 1.54) is 0 Å². The third-order valence-corrected chi connectivity index (χ3v) is 4.40. The molecule has 2 N–H and O–H groups in total. The van der Waals surface area contributed by atoms with E-state index < -0.39 is 5.41 Å². The zero-order valence-electron chi connectivity index (χ0n) is 11.7. The van der Waals surface area contributed by atoms with Gasteiger partial charge in [-0.3, -0.25) is 4.79 Å². The van der Waals surface area contributed by atoms with Crippen molar-refractivity contribution < 1.29 is 15.0 Å². The normalized spacial score (nSPS) is 11.8. The number of aliphatic hydroxyl groups is 2. The minimum Gasteiger partial charge on any atom is -0.396 e. The van der Waals surface area contributed by atoms with Crippen LogP contribution in [0, 0.1) is 5.41 Å². The summed E-state index contributed by atoms with van der Waals surface area (Å²) in [5.74, 6) is -0.0874. The van der Waals surface area contributed by atoms with E-state index in [1.807, 2.05) is 29.6 Å². The molecule has 0 unspecified atom stereocenters. The van der Waals surface area contributed by atoms with Crippen molar-refractivity contribution in [3.8, 4) is 0 Å². The molecular weight excluding hydrogens is 274 g/mol. The first-order chi connectivity index (χ1) is 9.50. The number of thiophene rings is 1. The summed E-state index contributed by atoms with van der Waals surface area (Å²) in [6.07, 6.45) is 0. The van der Waals surface area contributed by atoms with Crippen LogP contribution in [0.1, 0.15) is 17.3 Å². The number of nitrogens with zero attached hydrogens (tertiary/aromatic N) is 1. The Morgan fingerprint density at radius 2 is 1.95 bits per heavy atom. The number of benzene rings is 1. The molecule has 1 heterocycles. The van der Waals surface area contributed by atoms with E-state index in [2.05, 4.69) is 0 Å². The highest BCUT2D eigenvalue weighted by atomic mass is 32.1. The van der Waals surface area contributed by atoms with Crippen LogP contribution in [-0.4, -0.2) is 47.8 Å². The number of carbonyl (C=O) groups excluding carboxylic acids is 1. The Hall–Kier alpha value is -1.43. The highest BCUT2D eigenvalue weighted by Crippen LogP contribution is 2.27. The molecule has 108 valence electrons. The summed E-state index contributed by atoms with van der Waals surface area (Å²) < 4.78 is 1.08. The summed E-state index contributed by atoms with van der Waals surface area (Å²) in [5.41, 5.74) is -0.0118. The number of amides is 1. The van der Waals surface area contributed by atoms with Gasteiger partial charge in [-0.05, 0) is 6.07 Å². The van der Waals surface area contributed by atoms with Crippen molar-refractivity contribution in [3.63, 3.8) is 0 Å². The average Bonchev–Trinajstić information content (AvgIpc) is 2.90. The summed E-state index contributed by atoms with van der Waals surface area (Å²) in [6.45, 7) is 1.74. The minimum atomic E-state index is -0.684. The van der Waals surface area contributed by atoms with Crippen LogP contribution in [0.15, 0.2) is 29.6 Å². The lowest BCUT2D eigenvalue weighted by Crippen LogP contribution is -2.41. The van der Waals surface area contributed by atoms with Crippen LogP contribution in [0.2, 0.25) is 0 Å². The molecule has 0 fully saturated rings. The molecule has 0 atom stereocenters. The van der Waals surface area contributed by atoms with Crippen LogP contribution in [0.4, 0.5) is 0 Å². The summed E-state index contributed by atoms with van der Waals surface area (Å²) >= 11 is 1.54. The van der Waals surface area contributed by atoms with E-state index in [4.69, 9.17) is 0 Å². The molecule has 0 aliphatic rings. The van der Waals surface area contributed by atoms with E-state index in [0.717, 1.165) is 10.1 Å². The maximum Gasteiger partial charge on any atom is 0.255 e. The van der Waals surface area contributed by atoms with Crippen LogP contribution in [0.5, 0.6) is 0 Å². The highest BCUT2D eigenvalue weighted by molar-refractivity contribution is 7.17. The van der Waals surface area contributed by atoms with Gasteiger partial charge in [-0.15, -0.1) is 11.3 Å². The van der Waals surface area contributed by atoms with Gasteiger partial charge in [0.15, 0.2) is 0 Å². The SMILES string of the molecule is CN(CC(C)(CO)CO)C(=O)c1csc2ccccc12. The Balaban J connectivity index is 2.23. The fraction of sp³-hybridized carbons (Fsp3) is 0.400. The van der Waals surface area contributed by atoms with Gasteiger partial charge in [0, 0.05) is 34.5 Å². The lowest BCUT2D eigenvalue weighted by Gasteiger charge is -2.30. The lowest BCUT2D eigenvalue weighted by molar-refractivity contribution is 0.0367. The minimum absolute atomic E-state index is 0.0874. The summed E-state index contributed by atoms with van der Waals surface area (Å²) in [5, 5.41) is 21.5. The molecule has 0 spiro atoms. The third-order valence-electron chi connectivity index (χ3n) is 3.44. The van der Waals surface area contributed by atoms with Gasteiger partial charge >= 0.3 is 0 Å². The second-order valence-corrected chi connectivity index (χ2v) is 6.34. The number of rotatable bonds is 5. The molecule has 1 aromatic heterocycles. The molecule has 1 amide bonds. The van der Waals surface area contributed by atoms with E-state index in [9.17, 15) is 15.0 Å². The van der Waals surface area contributed by atoms with Gasteiger partial charge in [0.25, 0.3) is 5.91 Å². The molecule has 0 bridgehead atoms. The Morgan fingerprint density at radius 1 is 1.30 bits per heavy atom. The number of hydrogen-bond acceptors (Lipinski definition) is 4. The molecule has 20 heavy (non-hydrogen) atoms. The smallest absolute Gasteiger partial charge is 0.255 e. The fourth-order valence-corrected chi connectivity index (χ4v) is 3.08. The van der Waals surface area contributed by atoms with Crippen molar-refractivity contribution >= 4 is 27.3 Å². The predicted octanol–water partition coefficient (Wildman–Crippen LogP) is 1.96. The average molecular weight is 293 g/mol. The lowest BCUT2D eigenvalue weighted by atomic mass is 9.92. The van der Waals surface area contributed by atoms with Crippen LogP contribution in [-0.2, 0) is 0 Å². The first-order valence-electron chi connectivity index (χ1n) is 6.44. The topological polar surface area (TPSA) is 60.8 Å². The Bertz CT molecular complexity index is 604. The molecule has 0 radical (unpaired) electrons. The largest absolute Gasteiger partial charge is 0.396 e. The summed E-state index contributed by atoms with van der Waals surface area (Å²) in [7, 11) is 1.69. The zero-order chi connectivity index (χ0) is 14.8. The Kier molecular flexibility index (Phi) is 4.42. The van der Waals surface area contributed by atoms with Crippen LogP contribution in [0.25, 0.3) is 10.1 Å². The third kappa shape index (κ3) is 2.85. The molecule has 4 nitrogen and oxygen atoms in total. The van der Waals surface area contributed by atoms with E-state index in [-0.39, 0.29) is 19.1 Å². The molecular formula is C15H19NO3S. The first-order valence-corrected chi connectivity index (χ1v) is 7.32. The monoisotopic (exact) mass is 293 g/mol. The summed E-state index contributed by atoms with van der Waals surface area (Å²) in [6, 6.07) is 7.79. The van der Waals surface area contributed by atoms with Gasteiger partial charge in [0.05, 0.1) is 18.8 Å².